The van der Waals surface area contributed by atoms with Gasteiger partial charge in [0.2, 0.25) is 5.78 Å². The highest BCUT2D eigenvalue weighted by atomic mass is 35.5. The Bertz CT molecular complexity index is 637. The molecule has 0 aliphatic carbocycles. The van der Waals surface area contributed by atoms with E-state index in [2.05, 4.69) is 5.10 Å². The lowest BCUT2D eigenvalue weighted by atomic mass is 10.1. The Morgan fingerprint density at radius 1 is 1.32 bits per heavy atom. The number of halogens is 4. The second-order valence-electron chi connectivity index (χ2n) is 3.66. The number of carbonyl (C=O) groups excluding carboxylic acids is 1. The van der Waals surface area contributed by atoms with Gasteiger partial charge in [-0.25, -0.2) is 0 Å². The van der Waals surface area contributed by atoms with E-state index in [1.165, 1.54) is 12.1 Å². The first kappa shape index (κ1) is 13.4. The molecule has 1 aromatic heterocycles. The molecule has 19 heavy (non-hydrogen) atoms. The third-order valence-electron chi connectivity index (χ3n) is 2.32. The molecule has 0 spiro atoms. The molecule has 4 nitrogen and oxygen atoms in total. The molecule has 2 rings (SSSR count). The summed E-state index contributed by atoms with van der Waals surface area (Å²) in [7, 11) is 0. The number of aromatic hydroxyl groups is 1. The maximum Gasteiger partial charge on any atom is 0.432 e. The summed E-state index contributed by atoms with van der Waals surface area (Å²) in [6, 6.07) is 4.25. The van der Waals surface area contributed by atoms with Crippen molar-refractivity contribution in [2.45, 2.75) is 6.18 Å². The van der Waals surface area contributed by atoms with E-state index < -0.39 is 23.3 Å². The number of rotatable bonds is 2. The van der Waals surface area contributed by atoms with Gasteiger partial charge in [-0.2, -0.15) is 18.3 Å². The molecule has 1 heterocycles. The Hall–Kier alpha value is -2.02. The van der Waals surface area contributed by atoms with E-state index in [0.29, 0.717) is 6.07 Å². The van der Waals surface area contributed by atoms with Crippen molar-refractivity contribution >= 4 is 17.4 Å². The molecule has 2 aromatic rings. The Labute approximate surface area is 109 Å². The van der Waals surface area contributed by atoms with Crippen LogP contribution in [0.15, 0.2) is 24.3 Å². The van der Waals surface area contributed by atoms with Crippen molar-refractivity contribution in [2.24, 2.45) is 0 Å². The number of nitrogens with one attached hydrogen (secondary N) is 1. The maximum absolute atomic E-state index is 12.4. The minimum atomic E-state index is -4.62. The molecule has 0 atom stereocenters. The van der Waals surface area contributed by atoms with E-state index in [1.807, 2.05) is 0 Å². The number of alkyl halides is 3. The number of hydrogen-bond acceptors (Lipinski definition) is 3. The molecular formula is C11H6ClF3N2O2. The van der Waals surface area contributed by atoms with Crippen LogP contribution >= 0.6 is 11.6 Å². The van der Waals surface area contributed by atoms with Gasteiger partial charge in [0.05, 0.1) is 5.56 Å². The average molecular weight is 291 g/mol. The molecular weight excluding hydrogens is 285 g/mol. The summed E-state index contributed by atoms with van der Waals surface area (Å²) >= 11 is 5.65. The molecule has 0 saturated carbocycles. The smallest absolute Gasteiger partial charge is 0.432 e. The summed E-state index contributed by atoms with van der Waals surface area (Å²) in [5.74, 6) is -1.24. The zero-order chi connectivity index (χ0) is 14.2. The van der Waals surface area contributed by atoms with Gasteiger partial charge in [-0.05, 0) is 24.3 Å². The number of benzene rings is 1. The topological polar surface area (TPSA) is 66.0 Å². The summed E-state index contributed by atoms with van der Waals surface area (Å²) in [5.41, 5.74) is -1.81. The Kier molecular flexibility index (Phi) is 3.23. The molecule has 100 valence electrons. The van der Waals surface area contributed by atoms with Crippen LogP contribution in [0.5, 0.6) is 5.75 Å². The molecule has 8 heteroatoms. The van der Waals surface area contributed by atoms with Crippen molar-refractivity contribution in [1.82, 2.24) is 10.2 Å². The Balaban J connectivity index is 2.39. The number of phenols is 1. The summed E-state index contributed by atoms with van der Waals surface area (Å²) in [4.78, 5) is 11.9. The van der Waals surface area contributed by atoms with Crippen molar-refractivity contribution < 1.29 is 23.1 Å². The van der Waals surface area contributed by atoms with Crippen LogP contribution < -0.4 is 0 Å². The zero-order valence-corrected chi connectivity index (χ0v) is 9.88. The lowest BCUT2D eigenvalue weighted by Crippen LogP contribution is -2.05. The van der Waals surface area contributed by atoms with Crippen LogP contribution in [0.3, 0.4) is 0 Å². The number of carbonyl (C=O) groups is 1. The fourth-order valence-corrected chi connectivity index (χ4v) is 1.58. The third-order valence-corrected chi connectivity index (χ3v) is 2.55. The molecule has 2 N–H and O–H groups in total. The van der Waals surface area contributed by atoms with Crippen LogP contribution in [0.25, 0.3) is 0 Å². The zero-order valence-electron chi connectivity index (χ0n) is 9.12. The number of aromatic nitrogens is 2. The fraction of sp³-hybridized carbons (Fsp3) is 0.0909. The van der Waals surface area contributed by atoms with Crippen LogP contribution in [0, 0.1) is 0 Å². The quantitative estimate of drug-likeness (QED) is 0.836. The maximum atomic E-state index is 12.4. The predicted molar refractivity (Wildman–Crippen MR) is 60.1 cm³/mol. The molecule has 0 fully saturated rings. The standard InChI is InChI=1S/C11H6ClF3N2O2/c12-5-1-2-8(18)6(3-5)10(19)7-4-9(17-16-7)11(13,14)15/h1-4,18H,(H,16,17). The average Bonchev–Trinajstić information content (AvgIpc) is 2.80. The van der Waals surface area contributed by atoms with E-state index in [-0.39, 0.29) is 16.3 Å². The van der Waals surface area contributed by atoms with Gasteiger partial charge in [0.25, 0.3) is 0 Å². The first-order valence-electron chi connectivity index (χ1n) is 4.95. The first-order valence-corrected chi connectivity index (χ1v) is 5.32. The second-order valence-corrected chi connectivity index (χ2v) is 4.09. The van der Waals surface area contributed by atoms with Crippen molar-refractivity contribution in [3.63, 3.8) is 0 Å². The molecule has 0 aliphatic rings. The van der Waals surface area contributed by atoms with Crippen LogP contribution in [0.4, 0.5) is 13.2 Å². The summed E-state index contributed by atoms with van der Waals surface area (Å²) in [5, 5.41) is 14.7. The highest BCUT2D eigenvalue weighted by Gasteiger charge is 2.34. The van der Waals surface area contributed by atoms with Gasteiger partial charge in [0.1, 0.15) is 17.1 Å². The molecule has 0 aliphatic heterocycles. The number of phenolic OH excluding ortho intramolecular Hbond substituents is 1. The van der Waals surface area contributed by atoms with Crippen molar-refractivity contribution in [3.05, 3.63) is 46.2 Å². The van der Waals surface area contributed by atoms with Gasteiger partial charge in [0.15, 0.2) is 0 Å². The van der Waals surface area contributed by atoms with Gasteiger partial charge in [-0.3, -0.25) is 9.89 Å². The molecule has 0 unspecified atom stereocenters. The molecule has 0 saturated heterocycles. The van der Waals surface area contributed by atoms with Crippen LogP contribution in [-0.4, -0.2) is 21.1 Å². The minimum Gasteiger partial charge on any atom is -0.507 e. The van der Waals surface area contributed by atoms with Gasteiger partial charge in [-0.1, -0.05) is 11.6 Å². The van der Waals surface area contributed by atoms with E-state index in [4.69, 9.17) is 11.6 Å². The van der Waals surface area contributed by atoms with Gasteiger partial charge >= 0.3 is 6.18 Å². The first-order chi connectivity index (χ1) is 8.79. The van der Waals surface area contributed by atoms with Crippen LogP contribution in [0.2, 0.25) is 5.02 Å². The normalized spacial score (nSPS) is 11.6. The van der Waals surface area contributed by atoms with Crippen LogP contribution in [-0.2, 0) is 6.18 Å². The predicted octanol–water partition coefficient (Wildman–Crippen LogP) is 3.02. The highest BCUT2D eigenvalue weighted by molar-refractivity contribution is 6.31. The minimum absolute atomic E-state index is 0.174. The summed E-state index contributed by atoms with van der Waals surface area (Å²) in [6.45, 7) is 0. The molecule has 1 aromatic carbocycles. The van der Waals surface area contributed by atoms with E-state index >= 15 is 0 Å². The van der Waals surface area contributed by atoms with Gasteiger partial charge < -0.3 is 5.11 Å². The van der Waals surface area contributed by atoms with E-state index in [0.717, 1.165) is 6.07 Å². The Morgan fingerprint density at radius 3 is 2.58 bits per heavy atom. The highest BCUT2D eigenvalue weighted by Crippen LogP contribution is 2.29. The largest absolute Gasteiger partial charge is 0.507 e. The van der Waals surface area contributed by atoms with Crippen molar-refractivity contribution in [1.29, 1.82) is 0 Å². The fourth-order valence-electron chi connectivity index (χ4n) is 1.41. The molecule has 0 radical (unpaired) electrons. The number of nitrogens with zero attached hydrogens (tertiary/aromatic N) is 1. The van der Waals surface area contributed by atoms with E-state index in [1.54, 1.807) is 5.10 Å². The number of H-pyrrole nitrogens is 1. The monoisotopic (exact) mass is 290 g/mol. The van der Waals surface area contributed by atoms with Gasteiger partial charge in [0, 0.05) is 5.02 Å². The molecule has 0 amide bonds. The lowest BCUT2D eigenvalue weighted by molar-refractivity contribution is -0.141. The summed E-state index contributed by atoms with van der Waals surface area (Å²) < 4.78 is 37.1. The lowest BCUT2D eigenvalue weighted by Gasteiger charge is -2.02. The SMILES string of the molecule is O=C(c1cc(C(F)(F)F)[nH]n1)c1cc(Cl)ccc1O. The molecule has 0 bridgehead atoms. The third kappa shape index (κ3) is 2.70. The van der Waals surface area contributed by atoms with Crippen LogP contribution in [0.1, 0.15) is 21.7 Å². The van der Waals surface area contributed by atoms with Crippen molar-refractivity contribution in [3.8, 4) is 5.75 Å². The second kappa shape index (κ2) is 4.58. The van der Waals surface area contributed by atoms with Gasteiger partial charge in [-0.15, -0.1) is 0 Å². The number of aromatic amines is 1. The number of hydrogen-bond donors (Lipinski definition) is 2. The Morgan fingerprint density at radius 2 is 2.00 bits per heavy atom. The number of ketones is 1. The van der Waals surface area contributed by atoms with E-state index in [9.17, 15) is 23.1 Å². The summed E-state index contributed by atoms with van der Waals surface area (Å²) in [6.07, 6.45) is -4.62. The van der Waals surface area contributed by atoms with Crippen molar-refractivity contribution in [2.75, 3.05) is 0 Å².